The Kier molecular flexibility index (Phi) is 3.38. The zero-order chi connectivity index (χ0) is 13.2. The van der Waals surface area contributed by atoms with E-state index in [2.05, 4.69) is 31.2 Å². The smallest absolute Gasteiger partial charge is 0.213 e. The largest absolute Gasteiger partial charge is 0.474 e. The summed E-state index contributed by atoms with van der Waals surface area (Å²) >= 11 is 3.43. The van der Waals surface area contributed by atoms with E-state index in [1.807, 2.05) is 25.1 Å². The molecule has 2 heterocycles. The van der Waals surface area contributed by atoms with Crippen molar-refractivity contribution < 1.29 is 4.74 Å². The van der Waals surface area contributed by atoms with Gasteiger partial charge in [0.05, 0.1) is 11.9 Å². The summed E-state index contributed by atoms with van der Waals surface area (Å²) < 4.78 is 6.61. The Labute approximate surface area is 120 Å². The molecule has 0 saturated heterocycles. The molecule has 19 heavy (non-hydrogen) atoms. The van der Waals surface area contributed by atoms with E-state index >= 15 is 0 Å². The summed E-state index contributed by atoms with van der Waals surface area (Å²) in [5.41, 5.74) is 2.04. The quantitative estimate of drug-likeness (QED) is 0.930. The molecule has 1 N–H and O–H groups in total. The monoisotopic (exact) mass is 319 g/mol. The van der Waals surface area contributed by atoms with Crippen molar-refractivity contribution in [1.82, 2.24) is 9.97 Å². The predicted molar refractivity (Wildman–Crippen MR) is 77.8 cm³/mol. The van der Waals surface area contributed by atoms with Crippen LogP contribution in [-0.2, 0) is 0 Å². The van der Waals surface area contributed by atoms with Crippen LogP contribution in [0.5, 0.6) is 5.88 Å². The predicted octanol–water partition coefficient (Wildman–Crippen LogP) is 3.83. The van der Waals surface area contributed by atoms with Crippen LogP contribution in [0.25, 0.3) is 0 Å². The molecule has 0 unspecified atom stereocenters. The molecule has 2 aromatic rings. The second-order valence-corrected chi connectivity index (χ2v) is 5.50. The van der Waals surface area contributed by atoms with Crippen molar-refractivity contribution in [2.75, 3.05) is 5.32 Å². The first-order valence-electron chi connectivity index (χ1n) is 6.22. The summed E-state index contributed by atoms with van der Waals surface area (Å²) in [4.78, 5) is 8.57. The topological polar surface area (TPSA) is 47.0 Å². The molecule has 4 nitrogen and oxygen atoms in total. The second kappa shape index (κ2) is 5.17. The van der Waals surface area contributed by atoms with E-state index in [-0.39, 0.29) is 0 Å². The number of aryl methyl sites for hydroxylation is 1. The van der Waals surface area contributed by atoms with E-state index in [1.54, 1.807) is 12.4 Å². The zero-order valence-corrected chi connectivity index (χ0v) is 12.1. The van der Waals surface area contributed by atoms with Crippen molar-refractivity contribution in [3.05, 3.63) is 40.6 Å². The summed E-state index contributed by atoms with van der Waals surface area (Å²) in [5.74, 6) is 1.49. The number of halogens is 1. The van der Waals surface area contributed by atoms with Gasteiger partial charge in [0.2, 0.25) is 5.88 Å². The zero-order valence-electron chi connectivity index (χ0n) is 10.6. The van der Waals surface area contributed by atoms with Gasteiger partial charge in [-0.15, -0.1) is 0 Å². The Hall–Kier alpha value is -1.62. The van der Waals surface area contributed by atoms with Crippen LogP contribution in [0.4, 0.5) is 11.5 Å². The van der Waals surface area contributed by atoms with Gasteiger partial charge in [0.15, 0.2) is 0 Å². The summed E-state index contributed by atoms with van der Waals surface area (Å²) in [6.07, 6.45) is 6.21. The van der Waals surface area contributed by atoms with E-state index in [0.717, 1.165) is 34.4 Å². The van der Waals surface area contributed by atoms with Crippen molar-refractivity contribution in [1.29, 1.82) is 0 Å². The molecule has 1 fully saturated rings. The van der Waals surface area contributed by atoms with Crippen molar-refractivity contribution in [3.63, 3.8) is 0 Å². The maximum atomic E-state index is 5.60. The fourth-order valence-electron chi connectivity index (χ4n) is 1.64. The van der Waals surface area contributed by atoms with Crippen LogP contribution in [0.15, 0.2) is 35.1 Å². The lowest BCUT2D eigenvalue weighted by Crippen LogP contribution is -1.99. The Morgan fingerprint density at radius 3 is 2.74 bits per heavy atom. The second-order valence-electron chi connectivity index (χ2n) is 4.65. The molecule has 1 aliphatic rings. The van der Waals surface area contributed by atoms with Gasteiger partial charge in [0.1, 0.15) is 11.9 Å². The van der Waals surface area contributed by atoms with Crippen molar-refractivity contribution in [2.45, 2.75) is 25.9 Å². The van der Waals surface area contributed by atoms with Gasteiger partial charge in [-0.1, -0.05) is 0 Å². The van der Waals surface area contributed by atoms with Crippen LogP contribution >= 0.6 is 15.9 Å². The van der Waals surface area contributed by atoms with Crippen LogP contribution in [0, 0.1) is 6.92 Å². The maximum absolute atomic E-state index is 5.60. The standard InChI is InChI=1S/C14H14BrN3O/c1-9-6-13(16-8-12(9)15)18-10-2-5-14(17-7-10)19-11-3-4-11/h2,5-8,11H,3-4H2,1H3,(H,16,18). The molecule has 0 amide bonds. The van der Waals surface area contributed by atoms with Gasteiger partial charge in [0, 0.05) is 16.7 Å². The van der Waals surface area contributed by atoms with Crippen LogP contribution < -0.4 is 10.1 Å². The molecule has 0 aromatic carbocycles. The van der Waals surface area contributed by atoms with Crippen LogP contribution in [0.2, 0.25) is 0 Å². The van der Waals surface area contributed by atoms with Gasteiger partial charge in [0.25, 0.3) is 0 Å². The Morgan fingerprint density at radius 2 is 2.11 bits per heavy atom. The number of pyridine rings is 2. The molecule has 2 aromatic heterocycles. The first kappa shape index (κ1) is 12.4. The Balaban J connectivity index is 1.69. The molecule has 98 valence electrons. The molecule has 0 atom stereocenters. The minimum atomic E-state index is 0.377. The minimum absolute atomic E-state index is 0.377. The lowest BCUT2D eigenvalue weighted by Gasteiger charge is -2.08. The molecule has 0 spiro atoms. The molecule has 0 bridgehead atoms. The average molecular weight is 320 g/mol. The maximum Gasteiger partial charge on any atom is 0.213 e. The van der Waals surface area contributed by atoms with Crippen molar-refractivity contribution in [3.8, 4) is 5.88 Å². The van der Waals surface area contributed by atoms with Gasteiger partial charge in [-0.05, 0) is 53.4 Å². The van der Waals surface area contributed by atoms with E-state index < -0.39 is 0 Å². The average Bonchev–Trinajstić information content (AvgIpc) is 3.20. The highest BCUT2D eigenvalue weighted by Gasteiger charge is 2.23. The van der Waals surface area contributed by atoms with Crippen LogP contribution in [-0.4, -0.2) is 16.1 Å². The van der Waals surface area contributed by atoms with E-state index in [0.29, 0.717) is 12.0 Å². The summed E-state index contributed by atoms with van der Waals surface area (Å²) in [6, 6.07) is 5.81. The Bertz CT molecular complexity index is 582. The minimum Gasteiger partial charge on any atom is -0.474 e. The van der Waals surface area contributed by atoms with E-state index in [1.165, 1.54) is 0 Å². The molecule has 1 saturated carbocycles. The highest BCUT2D eigenvalue weighted by Crippen LogP contribution is 2.26. The van der Waals surface area contributed by atoms with Gasteiger partial charge >= 0.3 is 0 Å². The number of ether oxygens (including phenoxy) is 1. The van der Waals surface area contributed by atoms with Gasteiger partial charge in [-0.3, -0.25) is 0 Å². The molecule has 0 radical (unpaired) electrons. The summed E-state index contributed by atoms with van der Waals surface area (Å²) in [7, 11) is 0. The number of aromatic nitrogens is 2. The van der Waals surface area contributed by atoms with Gasteiger partial charge in [-0.25, -0.2) is 9.97 Å². The van der Waals surface area contributed by atoms with Crippen LogP contribution in [0.3, 0.4) is 0 Å². The lowest BCUT2D eigenvalue weighted by molar-refractivity contribution is 0.291. The first-order valence-corrected chi connectivity index (χ1v) is 7.02. The highest BCUT2D eigenvalue weighted by molar-refractivity contribution is 9.10. The van der Waals surface area contributed by atoms with Crippen molar-refractivity contribution >= 4 is 27.4 Å². The normalized spacial score (nSPS) is 14.2. The molecule has 0 aliphatic heterocycles. The van der Waals surface area contributed by atoms with Crippen LogP contribution in [0.1, 0.15) is 18.4 Å². The third-order valence-electron chi connectivity index (χ3n) is 2.87. The molecule has 5 heteroatoms. The fourth-order valence-corrected chi connectivity index (χ4v) is 1.85. The third kappa shape index (κ3) is 3.23. The number of nitrogens with one attached hydrogen (secondary N) is 1. The SMILES string of the molecule is Cc1cc(Nc2ccc(OC3CC3)nc2)ncc1Br. The number of anilines is 2. The molecule has 1 aliphatic carbocycles. The molecule has 3 rings (SSSR count). The lowest BCUT2D eigenvalue weighted by atomic mass is 10.3. The highest BCUT2D eigenvalue weighted by atomic mass is 79.9. The molecular weight excluding hydrogens is 306 g/mol. The van der Waals surface area contributed by atoms with E-state index in [9.17, 15) is 0 Å². The van der Waals surface area contributed by atoms with Crippen molar-refractivity contribution in [2.24, 2.45) is 0 Å². The number of rotatable bonds is 4. The first-order chi connectivity index (χ1) is 9.20. The number of nitrogens with zero attached hydrogens (tertiary/aromatic N) is 2. The summed E-state index contributed by atoms with van der Waals surface area (Å²) in [5, 5.41) is 3.22. The summed E-state index contributed by atoms with van der Waals surface area (Å²) in [6.45, 7) is 2.03. The van der Waals surface area contributed by atoms with Gasteiger partial charge in [-0.2, -0.15) is 0 Å². The number of hydrogen-bond acceptors (Lipinski definition) is 4. The van der Waals surface area contributed by atoms with Gasteiger partial charge < -0.3 is 10.1 Å². The Morgan fingerprint density at radius 1 is 1.26 bits per heavy atom. The number of hydrogen-bond donors (Lipinski definition) is 1. The fraction of sp³-hybridized carbons (Fsp3) is 0.286. The molecular formula is C14H14BrN3O. The third-order valence-corrected chi connectivity index (χ3v) is 3.70. The van der Waals surface area contributed by atoms with E-state index in [4.69, 9.17) is 4.74 Å².